The minimum atomic E-state index is -0.227. The summed E-state index contributed by atoms with van der Waals surface area (Å²) < 4.78 is 24.5. The molecule has 9 heteroatoms. The third-order valence-corrected chi connectivity index (χ3v) is 7.35. The smallest absolute Gasteiger partial charge is 0.169 e. The van der Waals surface area contributed by atoms with E-state index in [0.29, 0.717) is 18.9 Å². The van der Waals surface area contributed by atoms with Gasteiger partial charge in [-0.25, -0.2) is 0 Å². The fourth-order valence-electron chi connectivity index (χ4n) is 3.70. The first-order chi connectivity index (χ1) is 18.1. The molecule has 3 aromatic carbocycles. The van der Waals surface area contributed by atoms with Crippen LogP contribution < -0.4 is 20.1 Å². The van der Waals surface area contributed by atoms with Gasteiger partial charge < -0.3 is 34.7 Å². The van der Waals surface area contributed by atoms with E-state index in [9.17, 15) is 5.11 Å². The van der Waals surface area contributed by atoms with Crippen LogP contribution in [0, 0.1) is 0 Å². The van der Waals surface area contributed by atoms with Gasteiger partial charge in [-0.1, -0.05) is 28.1 Å². The van der Waals surface area contributed by atoms with Gasteiger partial charge in [0.15, 0.2) is 12.0 Å². The highest BCUT2D eigenvalue weighted by atomic mass is 79.9. The van der Waals surface area contributed by atoms with Gasteiger partial charge in [-0.3, -0.25) is 0 Å². The van der Waals surface area contributed by atoms with Crippen LogP contribution in [-0.4, -0.2) is 58.4 Å². The molecule has 0 aliphatic carbocycles. The summed E-state index contributed by atoms with van der Waals surface area (Å²) in [4.78, 5) is 1.01. The van der Waals surface area contributed by atoms with E-state index in [1.807, 2.05) is 42.5 Å². The van der Waals surface area contributed by atoms with Crippen LogP contribution >= 0.6 is 27.3 Å². The SMILES string of the molecule is COC(CNCCNCCOc1ccc(Oc2c(-c3ccc(Br)cc3)sc3cc(O)ccc23)cc1)OC. The number of hydrogen-bond donors (Lipinski definition) is 3. The van der Waals surface area contributed by atoms with Crippen LogP contribution in [0.5, 0.6) is 23.0 Å². The first kappa shape index (κ1) is 27.4. The number of thiophene rings is 1. The maximum Gasteiger partial charge on any atom is 0.169 e. The molecule has 0 saturated heterocycles. The average Bonchev–Trinajstić information content (AvgIpc) is 3.26. The van der Waals surface area contributed by atoms with Crippen molar-refractivity contribution in [3.63, 3.8) is 0 Å². The molecule has 0 radical (unpaired) electrons. The number of rotatable bonds is 14. The molecule has 0 fully saturated rings. The number of fused-ring (bicyclic) bond motifs is 1. The van der Waals surface area contributed by atoms with Gasteiger partial charge >= 0.3 is 0 Å². The van der Waals surface area contributed by atoms with Crippen molar-refractivity contribution in [1.29, 1.82) is 0 Å². The van der Waals surface area contributed by atoms with E-state index in [1.165, 1.54) is 0 Å². The maximum absolute atomic E-state index is 9.97. The van der Waals surface area contributed by atoms with Crippen molar-refractivity contribution in [3.05, 3.63) is 71.2 Å². The van der Waals surface area contributed by atoms with Gasteiger partial charge in [0.1, 0.15) is 23.9 Å². The minimum absolute atomic E-state index is 0.227. The molecule has 4 aromatic rings. The summed E-state index contributed by atoms with van der Waals surface area (Å²) in [6.07, 6.45) is -0.227. The number of nitrogens with one attached hydrogen (secondary N) is 2. The van der Waals surface area contributed by atoms with Crippen LogP contribution in [0.4, 0.5) is 0 Å². The number of benzene rings is 3. The van der Waals surface area contributed by atoms with Gasteiger partial charge in [0.2, 0.25) is 0 Å². The quantitative estimate of drug-likeness (QED) is 0.123. The highest BCUT2D eigenvalue weighted by Crippen LogP contribution is 2.47. The monoisotopic (exact) mass is 586 g/mol. The molecule has 0 unspecified atom stereocenters. The molecule has 0 spiro atoms. The minimum Gasteiger partial charge on any atom is -0.508 e. The molecular formula is C28H31BrN2O5S. The van der Waals surface area contributed by atoms with Crippen LogP contribution in [0.25, 0.3) is 20.5 Å². The topological polar surface area (TPSA) is 81.2 Å². The van der Waals surface area contributed by atoms with Crippen LogP contribution in [0.1, 0.15) is 0 Å². The zero-order valence-corrected chi connectivity index (χ0v) is 23.2. The van der Waals surface area contributed by atoms with Gasteiger partial charge in [-0.2, -0.15) is 0 Å². The van der Waals surface area contributed by atoms with Gasteiger partial charge in [0.25, 0.3) is 0 Å². The molecule has 196 valence electrons. The highest BCUT2D eigenvalue weighted by Gasteiger charge is 2.17. The summed E-state index contributed by atoms with van der Waals surface area (Å²) in [7, 11) is 3.25. The molecule has 0 bridgehead atoms. The number of phenolic OH excluding ortho intramolecular Hbond substituents is 1. The standard InChI is InChI=1S/C28H31BrN2O5S/c1-33-26(34-2)18-31-14-13-30-15-16-35-22-8-10-23(11-9-22)36-27-24-12-7-21(32)17-25(24)37-28(27)19-3-5-20(29)6-4-19/h3-12,17,26,30-32H,13-16,18H2,1-2H3. The molecule has 0 atom stereocenters. The predicted molar refractivity (Wildman–Crippen MR) is 152 cm³/mol. The summed E-state index contributed by atoms with van der Waals surface area (Å²) in [6, 6.07) is 21.1. The van der Waals surface area contributed by atoms with E-state index in [-0.39, 0.29) is 12.0 Å². The van der Waals surface area contributed by atoms with Crippen molar-refractivity contribution < 1.29 is 24.1 Å². The predicted octanol–water partition coefficient (Wildman–Crippen LogP) is 6.01. The van der Waals surface area contributed by atoms with Gasteiger partial charge in [-0.15, -0.1) is 11.3 Å². The number of methoxy groups -OCH3 is 2. The Kier molecular flexibility index (Phi) is 10.2. The lowest BCUT2D eigenvalue weighted by Gasteiger charge is -2.14. The summed E-state index contributed by atoms with van der Waals surface area (Å²) in [5, 5.41) is 17.5. The number of phenols is 1. The Morgan fingerprint density at radius 1 is 0.865 bits per heavy atom. The number of ether oxygens (including phenoxy) is 4. The normalized spacial score (nSPS) is 11.4. The molecule has 0 aliphatic rings. The molecule has 1 aromatic heterocycles. The third kappa shape index (κ3) is 7.67. The van der Waals surface area contributed by atoms with Crippen LogP contribution in [0.3, 0.4) is 0 Å². The lowest BCUT2D eigenvalue weighted by atomic mass is 10.1. The second-order valence-electron chi connectivity index (χ2n) is 8.22. The molecule has 3 N–H and O–H groups in total. The Labute approximate surface area is 229 Å². The van der Waals surface area contributed by atoms with Crippen LogP contribution in [-0.2, 0) is 9.47 Å². The second-order valence-corrected chi connectivity index (χ2v) is 10.2. The van der Waals surface area contributed by atoms with E-state index in [4.69, 9.17) is 18.9 Å². The van der Waals surface area contributed by atoms with Crippen molar-refractivity contribution in [2.24, 2.45) is 0 Å². The largest absolute Gasteiger partial charge is 0.508 e. The van der Waals surface area contributed by atoms with Gasteiger partial charge in [0, 0.05) is 55.0 Å². The summed E-state index contributed by atoms with van der Waals surface area (Å²) >= 11 is 5.09. The summed E-state index contributed by atoms with van der Waals surface area (Å²) in [5.74, 6) is 2.51. The Balaban J connectivity index is 1.32. The molecule has 4 rings (SSSR count). The van der Waals surface area contributed by atoms with Crippen LogP contribution in [0.2, 0.25) is 0 Å². The fraction of sp³-hybridized carbons (Fsp3) is 0.286. The van der Waals surface area contributed by atoms with E-state index < -0.39 is 0 Å². The van der Waals surface area contributed by atoms with Crippen molar-refractivity contribution in [1.82, 2.24) is 10.6 Å². The number of aromatic hydroxyl groups is 1. The maximum atomic E-state index is 9.97. The average molecular weight is 588 g/mol. The molecule has 1 heterocycles. The number of halogens is 1. The van der Waals surface area contributed by atoms with Crippen molar-refractivity contribution in [2.75, 3.05) is 47.0 Å². The molecule has 0 amide bonds. The van der Waals surface area contributed by atoms with E-state index in [1.54, 1.807) is 37.7 Å². The van der Waals surface area contributed by atoms with Gasteiger partial charge in [0.05, 0.1) is 4.88 Å². The summed E-state index contributed by atoms with van der Waals surface area (Å²) in [6.45, 7) is 3.58. The third-order valence-electron chi connectivity index (χ3n) is 5.64. The van der Waals surface area contributed by atoms with Crippen molar-refractivity contribution in [3.8, 4) is 33.4 Å². The second kappa shape index (κ2) is 13.8. The van der Waals surface area contributed by atoms with E-state index >= 15 is 0 Å². The Hall–Kier alpha value is -2.66. The number of hydrogen-bond acceptors (Lipinski definition) is 8. The lowest BCUT2D eigenvalue weighted by molar-refractivity contribution is -0.0985. The molecule has 0 saturated carbocycles. The molecule has 37 heavy (non-hydrogen) atoms. The molecule has 0 aliphatic heterocycles. The van der Waals surface area contributed by atoms with Crippen molar-refractivity contribution >= 4 is 37.4 Å². The van der Waals surface area contributed by atoms with E-state index in [2.05, 4.69) is 38.7 Å². The Bertz CT molecular complexity index is 1260. The van der Waals surface area contributed by atoms with Crippen LogP contribution in [0.15, 0.2) is 71.2 Å². The zero-order chi connectivity index (χ0) is 26.0. The zero-order valence-electron chi connectivity index (χ0n) is 20.8. The fourth-order valence-corrected chi connectivity index (χ4v) is 5.13. The van der Waals surface area contributed by atoms with Crippen molar-refractivity contribution in [2.45, 2.75) is 6.29 Å². The highest BCUT2D eigenvalue weighted by molar-refractivity contribution is 9.10. The first-order valence-electron chi connectivity index (χ1n) is 12.0. The first-order valence-corrected chi connectivity index (χ1v) is 13.6. The summed E-state index contributed by atoms with van der Waals surface area (Å²) in [5.41, 5.74) is 1.05. The Morgan fingerprint density at radius 3 is 2.30 bits per heavy atom. The Morgan fingerprint density at radius 2 is 1.57 bits per heavy atom. The van der Waals surface area contributed by atoms with Gasteiger partial charge in [-0.05, 0) is 60.2 Å². The van der Waals surface area contributed by atoms with E-state index in [0.717, 1.165) is 56.1 Å². The molecule has 7 nitrogen and oxygen atoms in total. The lowest BCUT2D eigenvalue weighted by Crippen LogP contribution is -2.35. The molecular weight excluding hydrogens is 556 g/mol.